The Balaban J connectivity index is 4.66. The second-order valence-electron chi connectivity index (χ2n) is 5.90. The van der Waals surface area contributed by atoms with Gasteiger partial charge in [-0.2, -0.15) is 0 Å². The topological polar surface area (TPSA) is 3.24 Å². The van der Waals surface area contributed by atoms with E-state index in [1.807, 2.05) is 0 Å². The molecule has 0 aliphatic heterocycles. The van der Waals surface area contributed by atoms with Crippen LogP contribution in [0.5, 0.6) is 0 Å². The quantitative estimate of drug-likeness (QED) is 0.666. The lowest BCUT2D eigenvalue weighted by Gasteiger charge is -2.43. The van der Waals surface area contributed by atoms with Gasteiger partial charge in [0.05, 0.1) is 0 Å². The third-order valence-electron chi connectivity index (χ3n) is 3.42. The number of rotatable bonds is 4. The maximum atomic E-state index is 2.53. The van der Waals surface area contributed by atoms with Gasteiger partial charge in [-0.1, -0.05) is 34.1 Å². The van der Waals surface area contributed by atoms with Gasteiger partial charge < -0.3 is 0 Å². The average molecular weight is 199 g/mol. The van der Waals surface area contributed by atoms with Crippen LogP contribution in [0.4, 0.5) is 0 Å². The Morgan fingerprint density at radius 2 is 1.50 bits per heavy atom. The minimum Gasteiger partial charge on any atom is -0.298 e. The maximum Gasteiger partial charge on any atom is 0.0146 e. The first-order valence-electron chi connectivity index (χ1n) is 5.94. The van der Waals surface area contributed by atoms with Gasteiger partial charge in [-0.25, -0.2) is 0 Å². The Kier molecular flexibility index (Phi) is 5.14. The summed E-state index contributed by atoms with van der Waals surface area (Å²) < 4.78 is 0. The van der Waals surface area contributed by atoms with Crippen molar-refractivity contribution in [2.75, 3.05) is 7.05 Å². The molecule has 1 nitrogen and oxygen atoms in total. The van der Waals surface area contributed by atoms with Crippen molar-refractivity contribution >= 4 is 0 Å². The van der Waals surface area contributed by atoms with Crippen molar-refractivity contribution in [2.24, 2.45) is 11.8 Å². The third-order valence-corrected chi connectivity index (χ3v) is 3.42. The van der Waals surface area contributed by atoms with Gasteiger partial charge in [0, 0.05) is 11.6 Å². The highest BCUT2D eigenvalue weighted by atomic mass is 15.2. The van der Waals surface area contributed by atoms with E-state index in [4.69, 9.17) is 0 Å². The van der Waals surface area contributed by atoms with Crippen molar-refractivity contribution in [1.29, 1.82) is 0 Å². The summed E-state index contributed by atoms with van der Waals surface area (Å²) in [6, 6.07) is 0.694. The average Bonchev–Trinajstić information content (AvgIpc) is 2.01. The molecule has 0 aliphatic rings. The van der Waals surface area contributed by atoms with Crippen molar-refractivity contribution in [2.45, 2.75) is 66.5 Å². The maximum absolute atomic E-state index is 2.53. The molecule has 0 spiro atoms. The largest absolute Gasteiger partial charge is 0.298 e. The van der Waals surface area contributed by atoms with Crippen molar-refractivity contribution in [3.05, 3.63) is 0 Å². The fourth-order valence-corrected chi connectivity index (χ4v) is 2.17. The van der Waals surface area contributed by atoms with Gasteiger partial charge >= 0.3 is 0 Å². The third kappa shape index (κ3) is 3.61. The molecule has 1 unspecified atom stereocenters. The predicted octanol–water partition coefficient (Wildman–Crippen LogP) is 3.79. The van der Waals surface area contributed by atoms with Crippen LogP contribution in [-0.4, -0.2) is 23.5 Å². The zero-order chi connectivity index (χ0) is 11.5. The molecule has 0 heterocycles. The van der Waals surface area contributed by atoms with Gasteiger partial charge in [0.15, 0.2) is 0 Å². The first kappa shape index (κ1) is 14.0. The van der Waals surface area contributed by atoms with E-state index in [1.54, 1.807) is 0 Å². The van der Waals surface area contributed by atoms with E-state index < -0.39 is 0 Å². The molecule has 0 aliphatic carbocycles. The second kappa shape index (κ2) is 5.16. The summed E-state index contributed by atoms with van der Waals surface area (Å²) in [5.41, 5.74) is 0.276. The van der Waals surface area contributed by atoms with E-state index in [0.29, 0.717) is 6.04 Å². The molecular weight excluding hydrogens is 170 g/mol. The number of hydrogen-bond acceptors (Lipinski definition) is 1. The summed E-state index contributed by atoms with van der Waals surface area (Å²) in [6.07, 6.45) is 1.27. The van der Waals surface area contributed by atoms with Gasteiger partial charge in [0.25, 0.3) is 0 Å². The highest BCUT2D eigenvalue weighted by molar-refractivity contribution is 4.84. The van der Waals surface area contributed by atoms with Gasteiger partial charge in [0.1, 0.15) is 0 Å². The second-order valence-corrected chi connectivity index (χ2v) is 5.90. The van der Waals surface area contributed by atoms with Gasteiger partial charge in [-0.15, -0.1) is 0 Å². The van der Waals surface area contributed by atoms with E-state index in [2.05, 4.69) is 60.4 Å². The summed E-state index contributed by atoms with van der Waals surface area (Å²) in [5, 5.41) is 0. The SMILES string of the molecule is CCC(C)[C@@H](C(C)C)N(C)C(C)(C)C. The van der Waals surface area contributed by atoms with Crippen LogP contribution in [0.25, 0.3) is 0 Å². The number of hydrogen-bond donors (Lipinski definition) is 0. The zero-order valence-corrected chi connectivity index (χ0v) is 11.4. The van der Waals surface area contributed by atoms with Crippen molar-refractivity contribution in [1.82, 2.24) is 4.90 Å². The standard InChI is InChI=1S/C13H29N/c1-9-11(4)12(10(2)3)14(8)13(5,6)7/h10-12H,9H2,1-8H3/t11?,12-/m1/s1. The molecule has 0 saturated carbocycles. The molecule has 86 valence electrons. The van der Waals surface area contributed by atoms with Crippen LogP contribution >= 0.6 is 0 Å². The lowest BCUT2D eigenvalue weighted by Crippen LogP contribution is -2.50. The predicted molar refractivity (Wildman–Crippen MR) is 65.6 cm³/mol. The molecule has 0 aromatic rings. The van der Waals surface area contributed by atoms with Gasteiger partial charge in [-0.05, 0) is 39.7 Å². The smallest absolute Gasteiger partial charge is 0.0146 e. The normalized spacial score (nSPS) is 17.6. The van der Waals surface area contributed by atoms with Crippen molar-refractivity contribution < 1.29 is 0 Å². The molecule has 0 aromatic heterocycles. The highest BCUT2D eigenvalue weighted by Crippen LogP contribution is 2.26. The Morgan fingerprint density at radius 1 is 1.07 bits per heavy atom. The van der Waals surface area contributed by atoms with Crippen LogP contribution < -0.4 is 0 Å². The van der Waals surface area contributed by atoms with Gasteiger partial charge in [0.2, 0.25) is 0 Å². The fourth-order valence-electron chi connectivity index (χ4n) is 2.17. The minimum absolute atomic E-state index is 0.276. The molecule has 0 bridgehead atoms. The first-order valence-corrected chi connectivity index (χ1v) is 5.94. The van der Waals surface area contributed by atoms with E-state index in [1.165, 1.54) is 6.42 Å². The molecule has 2 atom stereocenters. The van der Waals surface area contributed by atoms with Crippen molar-refractivity contribution in [3.8, 4) is 0 Å². The van der Waals surface area contributed by atoms with Crippen LogP contribution in [0.2, 0.25) is 0 Å². The summed E-state index contributed by atoms with van der Waals surface area (Å²) in [7, 11) is 2.26. The molecule has 0 amide bonds. The molecule has 0 N–H and O–H groups in total. The minimum atomic E-state index is 0.276. The molecule has 0 radical (unpaired) electrons. The molecule has 1 heteroatoms. The summed E-state index contributed by atoms with van der Waals surface area (Å²) in [5.74, 6) is 1.51. The summed E-state index contributed by atoms with van der Waals surface area (Å²) in [6.45, 7) is 16.2. The van der Waals surface area contributed by atoms with Gasteiger partial charge in [-0.3, -0.25) is 4.90 Å². The first-order chi connectivity index (χ1) is 6.21. The fraction of sp³-hybridized carbons (Fsp3) is 1.00. The summed E-state index contributed by atoms with van der Waals surface area (Å²) >= 11 is 0. The number of nitrogens with zero attached hydrogens (tertiary/aromatic N) is 1. The van der Waals surface area contributed by atoms with E-state index in [9.17, 15) is 0 Å². The van der Waals surface area contributed by atoms with E-state index in [-0.39, 0.29) is 5.54 Å². The van der Waals surface area contributed by atoms with Crippen LogP contribution in [0.1, 0.15) is 54.9 Å². The molecule has 0 fully saturated rings. The summed E-state index contributed by atoms with van der Waals surface area (Å²) in [4.78, 5) is 2.53. The highest BCUT2D eigenvalue weighted by Gasteiger charge is 2.30. The molecule has 14 heavy (non-hydrogen) atoms. The lowest BCUT2D eigenvalue weighted by atomic mass is 9.86. The Bertz CT molecular complexity index is 155. The van der Waals surface area contributed by atoms with E-state index >= 15 is 0 Å². The van der Waals surface area contributed by atoms with Crippen LogP contribution in [0.3, 0.4) is 0 Å². The molecule has 0 aromatic carbocycles. The van der Waals surface area contributed by atoms with Crippen LogP contribution in [0, 0.1) is 11.8 Å². The van der Waals surface area contributed by atoms with Crippen molar-refractivity contribution in [3.63, 3.8) is 0 Å². The lowest BCUT2D eigenvalue weighted by molar-refractivity contribution is 0.0525. The molecule has 0 rings (SSSR count). The van der Waals surface area contributed by atoms with E-state index in [0.717, 1.165) is 11.8 Å². The zero-order valence-electron chi connectivity index (χ0n) is 11.4. The Labute approximate surface area is 90.9 Å². The Morgan fingerprint density at radius 3 is 1.71 bits per heavy atom. The monoisotopic (exact) mass is 199 g/mol. The molecule has 0 saturated heterocycles. The molecular formula is C13H29N. The van der Waals surface area contributed by atoms with Crippen LogP contribution in [0.15, 0.2) is 0 Å². The van der Waals surface area contributed by atoms with Crippen LogP contribution in [-0.2, 0) is 0 Å². The Hall–Kier alpha value is -0.0400.